The van der Waals surface area contributed by atoms with E-state index in [9.17, 15) is 28.1 Å². The zero-order chi connectivity index (χ0) is 15.6. The number of thiazole rings is 1. The van der Waals surface area contributed by atoms with E-state index in [1.165, 1.54) is 29.6 Å². The van der Waals surface area contributed by atoms with Crippen molar-refractivity contribution in [3.63, 3.8) is 0 Å². The second-order valence-electron chi connectivity index (χ2n) is 3.80. The molecule has 6 nitrogen and oxygen atoms in total. The van der Waals surface area contributed by atoms with E-state index in [1.54, 1.807) is 5.32 Å². The number of halogens is 3. The molecule has 0 aliphatic carbocycles. The minimum absolute atomic E-state index is 0.165. The predicted octanol–water partition coefficient (Wildman–Crippen LogP) is 3.22. The molecule has 1 amide bonds. The lowest BCUT2D eigenvalue weighted by Crippen LogP contribution is -2.29. The average Bonchev–Trinajstić information content (AvgIpc) is 2.86. The summed E-state index contributed by atoms with van der Waals surface area (Å²) >= 11 is 0.790. The Morgan fingerprint density at radius 2 is 2.10 bits per heavy atom. The number of anilines is 1. The molecular formula is C11H6F3N3O3S. The highest BCUT2D eigenvalue weighted by molar-refractivity contribution is 7.14. The van der Waals surface area contributed by atoms with Gasteiger partial charge in [-0.3, -0.25) is 20.2 Å². The van der Waals surface area contributed by atoms with Gasteiger partial charge in [0, 0.05) is 23.1 Å². The number of carbonyl (C=O) groups is 1. The van der Waals surface area contributed by atoms with Gasteiger partial charge >= 0.3 is 12.1 Å². The maximum absolute atomic E-state index is 12.1. The van der Waals surface area contributed by atoms with Gasteiger partial charge in [0.05, 0.1) is 10.6 Å². The molecule has 0 saturated heterocycles. The Labute approximate surface area is 119 Å². The first-order chi connectivity index (χ1) is 9.77. The molecule has 0 radical (unpaired) electrons. The van der Waals surface area contributed by atoms with Gasteiger partial charge in [0.15, 0.2) is 5.13 Å². The predicted molar refractivity (Wildman–Crippen MR) is 68.9 cm³/mol. The Balaban J connectivity index is 2.22. The van der Waals surface area contributed by atoms with Crippen LogP contribution < -0.4 is 5.32 Å². The summed E-state index contributed by atoms with van der Waals surface area (Å²) < 4.78 is 36.3. The second kappa shape index (κ2) is 5.48. The first-order valence-corrected chi connectivity index (χ1v) is 6.24. The molecule has 0 unspecified atom stereocenters. The number of benzene rings is 1. The van der Waals surface area contributed by atoms with Crippen LogP contribution in [0.4, 0.5) is 24.0 Å². The summed E-state index contributed by atoms with van der Waals surface area (Å²) in [7, 11) is 0. The van der Waals surface area contributed by atoms with E-state index in [-0.39, 0.29) is 16.5 Å². The summed E-state index contributed by atoms with van der Waals surface area (Å²) in [6.07, 6.45) is -5.00. The molecule has 1 N–H and O–H groups in total. The highest BCUT2D eigenvalue weighted by Crippen LogP contribution is 2.28. The van der Waals surface area contributed by atoms with Gasteiger partial charge in [0.2, 0.25) is 0 Å². The standard InChI is InChI=1S/C11H6F3N3O3S/c12-11(13,14)9(18)16-10-15-8(5-21-10)6-2-1-3-7(4-6)17(19)20/h1-5H,(H,15,16,18). The Kier molecular flexibility index (Phi) is 3.89. The third-order valence-corrected chi connectivity index (χ3v) is 3.09. The molecule has 0 aliphatic rings. The molecule has 1 aromatic carbocycles. The van der Waals surface area contributed by atoms with Crippen molar-refractivity contribution in [3.8, 4) is 11.3 Å². The van der Waals surface area contributed by atoms with Crippen LogP contribution >= 0.6 is 11.3 Å². The molecule has 1 heterocycles. The van der Waals surface area contributed by atoms with Crippen LogP contribution in [-0.4, -0.2) is 22.0 Å². The number of nitrogens with zero attached hydrogens (tertiary/aromatic N) is 2. The van der Waals surface area contributed by atoms with Gasteiger partial charge in [0.1, 0.15) is 0 Å². The largest absolute Gasteiger partial charge is 0.471 e. The van der Waals surface area contributed by atoms with Crippen LogP contribution in [0.1, 0.15) is 0 Å². The van der Waals surface area contributed by atoms with Gasteiger partial charge in [-0.15, -0.1) is 11.3 Å². The van der Waals surface area contributed by atoms with Crippen LogP contribution in [0.5, 0.6) is 0 Å². The van der Waals surface area contributed by atoms with E-state index >= 15 is 0 Å². The van der Waals surface area contributed by atoms with Gasteiger partial charge < -0.3 is 0 Å². The van der Waals surface area contributed by atoms with E-state index in [4.69, 9.17) is 0 Å². The number of rotatable bonds is 3. The summed E-state index contributed by atoms with van der Waals surface area (Å²) in [4.78, 5) is 24.6. The Morgan fingerprint density at radius 1 is 1.38 bits per heavy atom. The molecule has 0 aliphatic heterocycles. The quantitative estimate of drug-likeness (QED) is 0.695. The molecule has 0 saturated carbocycles. The van der Waals surface area contributed by atoms with Crippen molar-refractivity contribution in [1.29, 1.82) is 0 Å². The first-order valence-electron chi connectivity index (χ1n) is 5.36. The molecule has 110 valence electrons. The van der Waals surface area contributed by atoms with Gasteiger partial charge in [-0.25, -0.2) is 4.98 Å². The number of nitro groups is 1. The normalized spacial score (nSPS) is 11.2. The van der Waals surface area contributed by atoms with Crippen molar-refractivity contribution in [3.05, 3.63) is 39.8 Å². The minimum Gasteiger partial charge on any atom is -0.294 e. The number of carbonyl (C=O) groups excluding carboxylic acids is 1. The fourth-order valence-corrected chi connectivity index (χ4v) is 2.13. The summed E-state index contributed by atoms with van der Waals surface area (Å²) in [5.74, 6) is -2.12. The molecule has 21 heavy (non-hydrogen) atoms. The fourth-order valence-electron chi connectivity index (χ4n) is 1.41. The molecule has 0 spiro atoms. The molecule has 10 heteroatoms. The van der Waals surface area contributed by atoms with Crippen molar-refractivity contribution in [1.82, 2.24) is 4.98 Å². The summed E-state index contributed by atoms with van der Waals surface area (Å²) in [6, 6.07) is 5.48. The molecular weight excluding hydrogens is 311 g/mol. The first kappa shape index (κ1) is 14.9. The minimum atomic E-state index is -5.00. The monoisotopic (exact) mass is 317 g/mol. The molecule has 2 rings (SSSR count). The zero-order valence-electron chi connectivity index (χ0n) is 10.0. The molecule has 0 bridgehead atoms. The van der Waals surface area contributed by atoms with E-state index in [1.807, 2.05) is 0 Å². The van der Waals surface area contributed by atoms with Crippen molar-refractivity contribution in [2.75, 3.05) is 5.32 Å². The van der Waals surface area contributed by atoms with Gasteiger partial charge in [-0.2, -0.15) is 13.2 Å². The number of nitro benzene ring substituents is 1. The van der Waals surface area contributed by atoms with Crippen LogP contribution in [-0.2, 0) is 4.79 Å². The highest BCUT2D eigenvalue weighted by Gasteiger charge is 2.39. The molecule has 0 fully saturated rings. The smallest absolute Gasteiger partial charge is 0.294 e. The second-order valence-corrected chi connectivity index (χ2v) is 4.66. The zero-order valence-corrected chi connectivity index (χ0v) is 10.9. The van der Waals surface area contributed by atoms with E-state index in [0.29, 0.717) is 5.56 Å². The van der Waals surface area contributed by atoms with Crippen molar-refractivity contribution in [2.45, 2.75) is 6.18 Å². The average molecular weight is 317 g/mol. The lowest BCUT2D eigenvalue weighted by molar-refractivity contribution is -0.384. The van der Waals surface area contributed by atoms with Gasteiger partial charge in [0.25, 0.3) is 5.69 Å². The van der Waals surface area contributed by atoms with Crippen molar-refractivity contribution < 1.29 is 22.9 Å². The van der Waals surface area contributed by atoms with Crippen LogP contribution in [0.25, 0.3) is 11.3 Å². The van der Waals surface area contributed by atoms with E-state index in [0.717, 1.165) is 11.3 Å². The SMILES string of the molecule is O=C(Nc1nc(-c2cccc([N+](=O)[O-])c2)cs1)C(F)(F)F. The summed E-state index contributed by atoms with van der Waals surface area (Å²) in [5, 5.41) is 13.4. The lowest BCUT2D eigenvalue weighted by atomic mass is 10.1. The molecule has 0 atom stereocenters. The van der Waals surface area contributed by atoms with E-state index in [2.05, 4.69) is 4.98 Å². The maximum atomic E-state index is 12.1. The summed E-state index contributed by atoms with van der Waals surface area (Å²) in [6.45, 7) is 0. The van der Waals surface area contributed by atoms with Gasteiger partial charge in [-0.05, 0) is 0 Å². The number of hydrogen-bond donors (Lipinski definition) is 1. The van der Waals surface area contributed by atoms with Crippen molar-refractivity contribution in [2.24, 2.45) is 0 Å². The number of hydrogen-bond acceptors (Lipinski definition) is 5. The van der Waals surface area contributed by atoms with Crippen LogP contribution in [0.2, 0.25) is 0 Å². The number of non-ortho nitro benzene ring substituents is 1. The molecule has 1 aromatic heterocycles. The van der Waals surface area contributed by atoms with Gasteiger partial charge in [-0.1, -0.05) is 12.1 Å². The molecule has 2 aromatic rings. The number of amides is 1. The Hall–Kier alpha value is -2.49. The van der Waals surface area contributed by atoms with Crippen LogP contribution in [0.3, 0.4) is 0 Å². The highest BCUT2D eigenvalue weighted by atomic mass is 32.1. The number of nitrogens with one attached hydrogen (secondary N) is 1. The topological polar surface area (TPSA) is 85.1 Å². The Morgan fingerprint density at radius 3 is 2.71 bits per heavy atom. The third kappa shape index (κ3) is 3.54. The maximum Gasteiger partial charge on any atom is 0.471 e. The Bertz CT molecular complexity index is 699. The third-order valence-electron chi connectivity index (χ3n) is 2.33. The number of aromatic nitrogens is 1. The van der Waals surface area contributed by atoms with E-state index < -0.39 is 17.0 Å². The van der Waals surface area contributed by atoms with Crippen molar-refractivity contribution >= 4 is 28.1 Å². The lowest BCUT2D eigenvalue weighted by Gasteiger charge is -2.04. The summed E-state index contributed by atoms with van der Waals surface area (Å²) in [5.41, 5.74) is 0.440. The number of alkyl halides is 3. The van der Waals surface area contributed by atoms with Crippen LogP contribution in [0, 0.1) is 10.1 Å². The fraction of sp³-hybridized carbons (Fsp3) is 0.0909. The van der Waals surface area contributed by atoms with Crippen LogP contribution in [0.15, 0.2) is 29.6 Å².